The SMILES string of the molecule is CN/C=C1/C2(CCN(C(=O)OC(C)(C)C)C2=O)C(=O)N(C2CCCC2)C1(C)N. The van der Waals surface area contributed by atoms with E-state index in [1.54, 1.807) is 45.8 Å². The van der Waals surface area contributed by atoms with Gasteiger partial charge in [0.05, 0.1) is 0 Å². The molecule has 156 valence electrons. The lowest BCUT2D eigenvalue weighted by Crippen LogP contribution is -2.55. The van der Waals surface area contributed by atoms with Crippen LogP contribution in [0, 0.1) is 5.41 Å². The monoisotopic (exact) mass is 392 g/mol. The van der Waals surface area contributed by atoms with Crippen molar-refractivity contribution in [3.05, 3.63) is 11.8 Å². The highest BCUT2D eigenvalue weighted by molar-refractivity contribution is 6.16. The van der Waals surface area contributed by atoms with Gasteiger partial charge in [-0.05, 0) is 47.0 Å². The van der Waals surface area contributed by atoms with E-state index in [9.17, 15) is 14.4 Å². The van der Waals surface area contributed by atoms with Crippen LogP contribution in [-0.4, -0.2) is 58.6 Å². The minimum Gasteiger partial charge on any atom is -0.443 e. The Morgan fingerprint density at radius 1 is 1.25 bits per heavy atom. The number of rotatable bonds is 2. The highest BCUT2D eigenvalue weighted by Crippen LogP contribution is 2.53. The van der Waals surface area contributed by atoms with E-state index in [0.717, 1.165) is 30.6 Å². The Balaban J connectivity index is 2.01. The van der Waals surface area contributed by atoms with Crippen molar-refractivity contribution in [3.8, 4) is 0 Å². The van der Waals surface area contributed by atoms with Gasteiger partial charge in [0.2, 0.25) is 5.91 Å². The van der Waals surface area contributed by atoms with Crippen LogP contribution in [0.5, 0.6) is 0 Å². The molecular formula is C20H32N4O4. The summed E-state index contributed by atoms with van der Waals surface area (Å²) in [4.78, 5) is 42.4. The summed E-state index contributed by atoms with van der Waals surface area (Å²) in [7, 11) is 1.71. The quantitative estimate of drug-likeness (QED) is 0.693. The van der Waals surface area contributed by atoms with Crippen LogP contribution in [0.15, 0.2) is 11.8 Å². The van der Waals surface area contributed by atoms with E-state index in [0.29, 0.717) is 5.57 Å². The second-order valence-electron chi connectivity index (χ2n) is 9.20. The number of carbonyl (C=O) groups excluding carboxylic acids is 3. The summed E-state index contributed by atoms with van der Waals surface area (Å²) in [5.74, 6) is -0.826. The third-order valence-corrected chi connectivity index (χ3v) is 6.00. The van der Waals surface area contributed by atoms with Gasteiger partial charge in [0.1, 0.15) is 11.3 Å². The molecule has 3 fully saturated rings. The van der Waals surface area contributed by atoms with Crippen molar-refractivity contribution >= 4 is 17.9 Å². The van der Waals surface area contributed by atoms with E-state index in [4.69, 9.17) is 10.5 Å². The van der Waals surface area contributed by atoms with Gasteiger partial charge >= 0.3 is 6.09 Å². The predicted octanol–water partition coefficient (Wildman–Crippen LogP) is 1.70. The zero-order valence-electron chi connectivity index (χ0n) is 17.5. The molecule has 2 unspecified atom stereocenters. The number of likely N-dealkylation sites (tertiary alicyclic amines) is 2. The lowest BCUT2D eigenvalue weighted by Gasteiger charge is -2.36. The Labute approximate surface area is 166 Å². The minimum atomic E-state index is -1.44. The molecule has 1 aliphatic carbocycles. The number of nitrogens with one attached hydrogen (secondary N) is 1. The number of hydrogen-bond donors (Lipinski definition) is 2. The highest BCUT2D eigenvalue weighted by Gasteiger charge is 2.69. The number of nitrogens with zero attached hydrogens (tertiary/aromatic N) is 2. The Bertz CT molecular complexity index is 718. The number of carbonyl (C=O) groups is 3. The molecule has 1 saturated carbocycles. The molecule has 3 rings (SSSR count). The van der Waals surface area contributed by atoms with Crippen LogP contribution in [0.3, 0.4) is 0 Å². The summed E-state index contributed by atoms with van der Waals surface area (Å²) in [5.41, 5.74) is 3.94. The molecule has 2 aliphatic heterocycles. The third-order valence-electron chi connectivity index (χ3n) is 6.00. The second kappa shape index (κ2) is 6.76. The molecule has 0 radical (unpaired) electrons. The molecule has 2 saturated heterocycles. The lowest BCUT2D eigenvalue weighted by atomic mass is 9.77. The molecule has 2 heterocycles. The van der Waals surface area contributed by atoms with Crippen molar-refractivity contribution in [2.75, 3.05) is 13.6 Å². The standard InChI is InChI=1S/C20H32N4O4/c1-18(2,3)28-17(27)23-11-10-20(15(23)25)14(12-22-5)19(4,21)24(16(20)26)13-8-6-7-9-13/h12-13,22H,6-11,21H2,1-5H3/b14-12+. The molecule has 8 nitrogen and oxygen atoms in total. The van der Waals surface area contributed by atoms with Gasteiger partial charge in [0, 0.05) is 31.4 Å². The van der Waals surface area contributed by atoms with E-state index in [1.165, 1.54) is 0 Å². The number of nitrogens with two attached hydrogens (primary N) is 1. The Hall–Kier alpha value is -2.09. The first-order chi connectivity index (χ1) is 13.0. The summed E-state index contributed by atoms with van der Waals surface area (Å²) >= 11 is 0. The third kappa shape index (κ3) is 2.98. The van der Waals surface area contributed by atoms with Gasteiger partial charge < -0.3 is 20.7 Å². The van der Waals surface area contributed by atoms with Crippen LogP contribution in [0.2, 0.25) is 0 Å². The molecule has 1 spiro atoms. The Morgan fingerprint density at radius 3 is 2.39 bits per heavy atom. The fourth-order valence-electron chi connectivity index (χ4n) is 4.87. The van der Waals surface area contributed by atoms with Gasteiger partial charge in [-0.15, -0.1) is 0 Å². The molecule has 28 heavy (non-hydrogen) atoms. The molecule has 3 N–H and O–H groups in total. The molecule has 3 amide bonds. The van der Waals surface area contributed by atoms with E-state index < -0.39 is 28.7 Å². The topological polar surface area (TPSA) is 105 Å². The van der Waals surface area contributed by atoms with Crippen LogP contribution in [0.25, 0.3) is 0 Å². The summed E-state index contributed by atoms with van der Waals surface area (Å²) in [6.07, 6.45) is 5.00. The van der Waals surface area contributed by atoms with Gasteiger partial charge in [0.25, 0.3) is 5.91 Å². The van der Waals surface area contributed by atoms with Crippen LogP contribution in [0.4, 0.5) is 4.79 Å². The van der Waals surface area contributed by atoms with Gasteiger partial charge in [-0.25, -0.2) is 9.69 Å². The molecule has 0 aromatic carbocycles. The number of hydrogen-bond acceptors (Lipinski definition) is 6. The molecule has 8 heteroatoms. The van der Waals surface area contributed by atoms with Crippen molar-refractivity contribution in [2.45, 2.75) is 77.1 Å². The van der Waals surface area contributed by atoms with Crippen molar-refractivity contribution in [1.29, 1.82) is 0 Å². The molecule has 3 aliphatic rings. The van der Waals surface area contributed by atoms with E-state index in [-0.39, 0.29) is 24.9 Å². The van der Waals surface area contributed by atoms with Crippen molar-refractivity contribution in [1.82, 2.24) is 15.1 Å². The predicted molar refractivity (Wildman–Crippen MR) is 104 cm³/mol. The maximum Gasteiger partial charge on any atom is 0.417 e. The van der Waals surface area contributed by atoms with E-state index in [1.807, 2.05) is 0 Å². The minimum absolute atomic E-state index is 0.0190. The summed E-state index contributed by atoms with van der Waals surface area (Å²) in [6, 6.07) is 0.0190. The van der Waals surface area contributed by atoms with Crippen molar-refractivity contribution in [2.24, 2.45) is 11.1 Å². The Morgan fingerprint density at radius 2 is 1.86 bits per heavy atom. The van der Waals surface area contributed by atoms with Crippen LogP contribution < -0.4 is 11.1 Å². The smallest absolute Gasteiger partial charge is 0.417 e. The Kier molecular flexibility index (Phi) is 4.98. The average molecular weight is 393 g/mol. The average Bonchev–Trinajstić information content (AvgIpc) is 3.22. The van der Waals surface area contributed by atoms with Crippen molar-refractivity contribution < 1.29 is 19.1 Å². The molecule has 0 bridgehead atoms. The zero-order chi connectivity index (χ0) is 20.9. The van der Waals surface area contributed by atoms with Crippen molar-refractivity contribution in [3.63, 3.8) is 0 Å². The van der Waals surface area contributed by atoms with Crippen LogP contribution >= 0.6 is 0 Å². The van der Waals surface area contributed by atoms with E-state index in [2.05, 4.69) is 5.32 Å². The zero-order valence-corrected chi connectivity index (χ0v) is 17.5. The molecule has 2 atom stereocenters. The van der Waals surface area contributed by atoms with Gasteiger partial charge in [-0.3, -0.25) is 9.59 Å². The van der Waals surface area contributed by atoms with Crippen LogP contribution in [-0.2, 0) is 14.3 Å². The maximum absolute atomic E-state index is 13.7. The normalized spacial score (nSPS) is 32.9. The highest BCUT2D eigenvalue weighted by atomic mass is 16.6. The first-order valence-corrected chi connectivity index (χ1v) is 10.0. The summed E-state index contributed by atoms with van der Waals surface area (Å²) in [6.45, 7) is 7.15. The fourth-order valence-corrected chi connectivity index (χ4v) is 4.87. The number of imide groups is 1. The van der Waals surface area contributed by atoms with Gasteiger partial charge in [-0.1, -0.05) is 12.8 Å². The second-order valence-corrected chi connectivity index (χ2v) is 9.20. The fraction of sp³-hybridized carbons (Fsp3) is 0.750. The maximum atomic E-state index is 13.7. The van der Waals surface area contributed by atoms with Gasteiger partial charge in [0.15, 0.2) is 5.41 Å². The molecule has 0 aromatic rings. The number of amides is 3. The number of ether oxygens (including phenoxy) is 1. The largest absolute Gasteiger partial charge is 0.443 e. The first kappa shape index (κ1) is 20.6. The van der Waals surface area contributed by atoms with Gasteiger partial charge in [-0.2, -0.15) is 0 Å². The first-order valence-electron chi connectivity index (χ1n) is 10.0. The van der Waals surface area contributed by atoms with Crippen LogP contribution in [0.1, 0.15) is 59.8 Å². The van der Waals surface area contributed by atoms with E-state index >= 15 is 0 Å². The summed E-state index contributed by atoms with van der Waals surface area (Å²) in [5, 5.41) is 2.94. The molecular weight excluding hydrogens is 360 g/mol. The lowest BCUT2D eigenvalue weighted by molar-refractivity contribution is -0.147. The molecule has 0 aromatic heterocycles. The summed E-state index contributed by atoms with van der Waals surface area (Å²) < 4.78 is 5.38.